The quantitative estimate of drug-likeness (QED) is 0.786. The highest BCUT2D eigenvalue weighted by molar-refractivity contribution is 5.29. The molecule has 82 valence electrons. The first-order valence-corrected chi connectivity index (χ1v) is 6.01. The van der Waals surface area contributed by atoms with Crippen LogP contribution in [-0.2, 0) is 12.8 Å². The van der Waals surface area contributed by atoms with Gasteiger partial charge in [-0.05, 0) is 42.2 Å². The second kappa shape index (κ2) is 4.36. The molecule has 2 atom stereocenters. The molecular weight excluding hydrogens is 182 g/mol. The van der Waals surface area contributed by atoms with Crippen molar-refractivity contribution in [3.05, 3.63) is 35.4 Å². The molecule has 1 nitrogen and oxygen atoms in total. The fourth-order valence-electron chi connectivity index (χ4n) is 2.60. The summed E-state index contributed by atoms with van der Waals surface area (Å²) < 4.78 is 0. The molecule has 0 bridgehead atoms. The summed E-state index contributed by atoms with van der Waals surface area (Å²) in [6, 6.07) is 9.16. The van der Waals surface area contributed by atoms with Gasteiger partial charge < -0.3 is 5.73 Å². The van der Waals surface area contributed by atoms with Crippen LogP contribution in [-0.4, -0.2) is 6.04 Å². The van der Waals surface area contributed by atoms with Gasteiger partial charge in [-0.2, -0.15) is 0 Å². The summed E-state index contributed by atoms with van der Waals surface area (Å²) in [5.41, 5.74) is 9.30. The Kier molecular flexibility index (Phi) is 3.11. The molecule has 1 aromatic rings. The summed E-state index contributed by atoms with van der Waals surface area (Å²) in [4.78, 5) is 0. The average Bonchev–Trinajstić information content (AvgIpc) is 2.27. The van der Waals surface area contributed by atoms with Gasteiger partial charge in [0.25, 0.3) is 0 Å². The first kappa shape index (κ1) is 10.7. The van der Waals surface area contributed by atoms with Crippen molar-refractivity contribution in [3.8, 4) is 0 Å². The Hall–Kier alpha value is -0.820. The van der Waals surface area contributed by atoms with E-state index in [4.69, 9.17) is 5.73 Å². The molecule has 2 unspecified atom stereocenters. The van der Waals surface area contributed by atoms with E-state index in [1.54, 1.807) is 0 Å². The number of benzene rings is 1. The van der Waals surface area contributed by atoms with Gasteiger partial charge >= 0.3 is 0 Å². The van der Waals surface area contributed by atoms with E-state index in [1.165, 1.54) is 30.4 Å². The molecule has 0 amide bonds. The smallest absolute Gasteiger partial charge is 0.00936 e. The van der Waals surface area contributed by atoms with Gasteiger partial charge in [-0.1, -0.05) is 38.1 Å². The zero-order valence-corrected chi connectivity index (χ0v) is 9.74. The summed E-state index contributed by atoms with van der Waals surface area (Å²) in [6.07, 6.45) is 3.65. The van der Waals surface area contributed by atoms with Gasteiger partial charge in [0.1, 0.15) is 0 Å². The topological polar surface area (TPSA) is 26.0 Å². The molecule has 0 saturated carbocycles. The van der Waals surface area contributed by atoms with Crippen molar-refractivity contribution in [3.63, 3.8) is 0 Å². The Labute approximate surface area is 92.7 Å². The Morgan fingerprint density at radius 3 is 2.53 bits per heavy atom. The number of hydrogen-bond acceptors (Lipinski definition) is 1. The lowest BCUT2D eigenvalue weighted by molar-refractivity contribution is 0.311. The van der Waals surface area contributed by atoms with E-state index in [0.29, 0.717) is 17.9 Å². The van der Waals surface area contributed by atoms with Gasteiger partial charge in [-0.25, -0.2) is 0 Å². The Morgan fingerprint density at radius 1 is 1.20 bits per heavy atom. The van der Waals surface area contributed by atoms with Crippen LogP contribution in [0.2, 0.25) is 0 Å². The van der Waals surface area contributed by atoms with E-state index in [1.807, 2.05) is 0 Å². The summed E-state index contributed by atoms with van der Waals surface area (Å²) in [6.45, 7) is 4.45. The van der Waals surface area contributed by atoms with Crippen molar-refractivity contribution >= 4 is 0 Å². The average molecular weight is 203 g/mol. The van der Waals surface area contributed by atoms with Crippen LogP contribution in [0.25, 0.3) is 0 Å². The minimum absolute atomic E-state index is 0.360. The van der Waals surface area contributed by atoms with Gasteiger partial charge in [0.15, 0.2) is 0 Å². The third kappa shape index (κ3) is 2.23. The molecule has 1 aliphatic carbocycles. The predicted octanol–water partition coefficient (Wildman–Crippen LogP) is 2.77. The molecule has 1 aliphatic rings. The van der Waals surface area contributed by atoms with Crippen LogP contribution >= 0.6 is 0 Å². The van der Waals surface area contributed by atoms with Gasteiger partial charge in [-0.3, -0.25) is 0 Å². The van der Waals surface area contributed by atoms with Crippen molar-refractivity contribution in [2.75, 3.05) is 0 Å². The fraction of sp³-hybridized carbons (Fsp3) is 0.571. The highest BCUT2D eigenvalue weighted by Crippen LogP contribution is 2.28. The molecule has 15 heavy (non-hydrogen) atoms. The van der Waals surface area contributed by atoms with Gasteiger partial charge in [-0.15, -0.1) is 0 Å². The molecular formula is C14H21N. The highest BCUT2D eigenvalue weighted by Gasteiger charge is 2.25. The number of hydrogen-bond donors (Lipinski definition) is 1. The lowest BCUT2D eigenvalue weighted by Crippen LogP contribution is -2.38. The van der Waals surface area contributed by atoms with Crippen LogP contribution in [0, 0.1) is 11.8 Å². The maximum Gasteiger partial charge on any atom is 0.00936 e. The van der Waals surface area contributed by atoms with Crippen LogP contribution in [0.4, 0.5) is 0 Å². The Bertz CT molecular complexity index is 330. The van der Waals surface area contributed by atoms with Crippen molar-refractivity contribution in [2.24, 2.45) is 17.6 Å². The molecule has 1 aromatic carbocycles. The standard InChI is InChI=1S/C14H21N/c1-10(2)14(15)13-8-7-11-5-3-4-6-12(11)9-13/h3-6,10,13-14H,7-9,15H2,1-2H3. The highest BCUT2D eigenvalue weighted by atomic mass is 14.7. The maximum atomic E-state index is 6.25. The minimum atomic E-state index is 0.360. The molecule has 0 aromatic heterocycles. The summed E-state index contributed by atoms with van der Waals surface area (Å²) >= 11 is 0. The summed E-state index contributed by atoms with van der Waals surface area (Å²) in [5, 5.41) is 0. The van der Waals surface area contributed by atoms with Crippen molar-refractivity contribution < 1.29 is 0 Å². The lowest BCUT2D eigenvalue weighted by atomic mass is 9.77. The first-order chi connectivity index (χ1) is 7.18. The molecule has 0 fully saturated rings. The third-order valence-corrected chi connectivity index (χ3v) is 3.70. The molecule has 0 aliphatic heterocycles. The summed E-state index contributed by atoms with van der Waals surface area (Å²) in [7, 11) is 0. The molecule has 2 N–H and O–H groups in total. The third-order valence-electron chi connectivity index (χ3n) is 3.70. The number of nitrogens with two attached hydrogens (primary N) is 1. The van der Waals surface area contributed by atoms with Crippen LogP contribution < -0.4 is 5.73 Å². The zero-order valence-electron chi connectivity index (χ0n) is 9.74. The van der Waals surface area contributed by atoms with Crippen molar-refractivity contribution in [2.45, 2.75) is 39.2 Å². The molecule has 0 radical (unpaired) electrons. The van der Waals surface area contributed by atoms with E-state index in [2.05, 4.69) is 38.1 Å². The largest absolute Gasteiger partial charge is 0.327 e. The van der Waals surface area contributed by atoms with E-state index in [-0.39, 0.29) is 0 Å². The van der Waals surface area contributed by atoms with Crippen LogP contribution in [0.3, 0.4) is 0 Å². The van der Waals surface area contributed by atoms with E-state index >= 15 is 0 Å². The Balaban J connectivity index is 2.12. The normalized spacial score (nSPS) is 22.5. The second-order valence-corrected chi connectivity index (χ2v) is 5.09. The number of fused-ring (bicyclic) bond motifs is 1. The molecule has 0 heterocycles. The van der Waals surface area contributed by atoms with Crippen LogP contribution in [0.5, 0.6) is 0 Å². The number of rotatable bonds is 2. The van der Waals surface area contributed by atoms with Crippen molar-refractivity contribution in [1.29, 1.82) is 0 Å². The molecule has 1 heteroatoms. The molecule has 2 rings (SSSR count). The Morgan fingerprint density at radius 2 is 1.87 bits per heavy atom. The zero-order chi connectivity index (χ0) is 10.8. The second-order valence-electron chi connectivity index (χ2n) is 5.09. The predicted molar refractivity (Wildman–Crippen MR) is 64.8 cm³/mol. The van der Waals surface area contributed by atoms with Crippen molar-refractivity contribution in [1.82, 2.24) is 0 Å². The lowest BCUT2D eigenvalue weighted by Gasteiger charge is -2.31. The summed E-state index contributed by atoms with van der Waals surface area (Å²) in [5.74, 6) is 1.28. The SMILES string of the molecule is CC(C)C(N)C1CCc2ccccc2C1. The van der Waals surface area contributed by atoms with Gasteiger partial charge in [0.2, 0.25) is 0 Å². The van der Waals surface area contributed by atoms with Crippen LogP contribution in [0.1, 0.15) is 31.4 Å². The van der Waals surface area contributed by atoms with E-state index < -0.39 is 0 Å². The van der Waals surface area contributed by atoms with E-state index in [0.717, 1.165) is 0 Å². The van der Waals surface area contributed by atoms with Crippen LogP contribution in [0.15, 0.2) is 24.3 Å². The van der Waals surface area contributed by atoms with Gasteiger partial charge in [0.05, 0.1) is 0 Å². The van der Waals surface area contributed by atoms with Gasteiger partial charge in [0, 0.05) is 6.04 Å². The number of aryl methyl sites for hydroxylation is 1. The fourth-order valence-corrected chi connectivity index (χ4v) is 2.60. The molecule has 0 saturated heterocycles. The monoisotopic (exact) mass is 203 g/mol. The first-order valence-electron chi connectivity index (χ1n) is 6.01. The van der Waals surface area contributed by atoms with E-state index in [9.17, 15) is 0 Å². The molecule has 0 spiro atoms. The minimum Gasteiger partial charge on any atom is -0.327 e. The maximum absolute atomic E-state index is 6.25.